The fourth-order valence-corrected chi connectivity index (χ4v) is 1.45. The molecule has 0 bridgehead atoms. The van der Waals surface area contributed by atoms with Gasteiger partial charge in [-0.1, -0.05) is 20.3 Å². The third-order valence-corrected chi connectivity index (χ3v) is 2.75. The molecule has 14 heavy (non-hydrogen) atoms. The summed E-state index contributed by atoms with van der Waals surface area (Å²) in [5, 5.41) is 0. The molecule has 0 aromatic carbocycles. The normalized spacial score (nSPS) is 12.6. The first kappa shape index (κ1) is 13.8. The van der Waals surface area contributed by atoms with Gasteiger partial charge in [0.25, 0.3) is 0 Å². The Hall–Kier alpha value is -0.240. The highest BCUT2D eigenvalue weighted by atomic mass is 35.5. The predicted octanol–water partition coefficient (Wildman–Crippen LogP) is 2.90. The van der Waals surface area contributed by atoms with Crippen molar-refractivity contribution in [3.8, 4) is 0 Å². The molecule has 0 aromatic rings. The van der Waals surface area contributed by atoms with Crippen molar-refractivity contribution in [2.75, 3.05) is 19.5 Å². The van der Waals surface area contributed by atoms with Crippen molar-refractivity contribution in [3.63, 3.8) is 0 Å². The first-order valence-corrected chi connectivity index (χ1v) is 5.95. The van der Waals surface area contributed by atoms with E-state index in [0.29, 0.717) is 18.2 Å². The number of hydrogen-bond acceptors (Lipinski definition) is 1. The minimum absolute atomic E-state index is 0.246. The molecule has 84 valence electrons. The third kappa shape index (κ3) is 6.25. The Balaban J connectivity index is 3.64. The predicted molar refractivity (Wildman–Crippen MR) is 61.7 cm³/mol. The summed E-state index contributed by atoms with van der Waals surface area (Å²) in [5.74, 6) is 1.50. The summed E-state index contributed by atoms with van der Waals surface area (Å²) in [7, 11) is 1.88. The summed E-state index contributed by atoms with van der Waals surface area (Å²) in [6.45, 7) is 5.19. The van der Waals surface area contributed by atoms with Crippen LogP contribution in [0.5, 0.6) is 0 Å². The van der Waals surface area contributed by atoms with Gasteiger partial charge >= 0.3 is 0 Å². The lowest BCUT2D eigenvalue weighted by Crippen LogP contribution is -2.30. The maximum Gasteiger partial charge on any atom is 0.222 e. The number of amides is 1. The fourth-order valence-electron chi connectivity index (χ4n) is 1.26. The maximum atomic E-state index is 11.6. The lowest BCUT2D eigenvalue weighted by molar-refractivity contribution is -0.130. The van der Waals surface area contributed by atoms with Gasteiger partial charge in [0.2, 0.25) is 5.91 Å². The number of halogens is 1. The van der Waals surface area contributed by atoms with E-state index >= 15 is 0 Å². The van der Waals surface area contributed by atoms with E-state index in [2.05, 4.69) is 13.8 Å². The fraction of sp³-hybridized carbons (Fsp3) is 0.909. The van der Waals surface area contributed by atoms with Crippen molar-refractivity contribution < 1.29 is 4.79 Å². The van der Waals surface area contributed by atoms with Crippen LogP contribution in [0.1, 0.15) is 39.5 Å². The second-order valence-corrected chi connectivity index (χ2v) is 4.31. The van der Waals surface area contributed by atoms with Crippen LogP contribution >= 0.6 is 11.6 Å². The van der Waals surface area contributed by atoms with E-state index in [4.69, 9.17) is 11.6 Å². The quantitative estimate of drug-likeness (QED) is 0.476. The topological polar surface area (TPSA) is 20.3 Å². The van der Waals surface area contributed by atoms with E-state index in [0.717, 1.165) is 25.8 Å². The molecule has 1 atom stereocenters. The van der Waals surface area contributed by atoms with Gasteiger partial charge in [-0.2, -0.15) is 0 Å². The summed E-state index contributed by atoms with van der Waals surface area (Å²) in [5.41, 5.74) is 0. The zero-order chi connectivity index (χ0) is 11.0. The van der Waals surface area contributed by atoms with E-state index in [9.17, 15) is 4.79 Å². The van der Waals surface area contributed by atoms with Crippen LogP contribution in [-0.4, -0.2) is 30.3 Å². The highest BCUT2D eigenvalue weighted by molar-refractivity contribution is 6.17. The zero-order valence-electron chi connectivity index (χ0n) is 9.55. The molecule has 1 unspecified atom stereocenters. The van der Waals surface area contributed by atoms with Crippen LogP contribution in [0, 0.1) is 5.92 Å². The van der Waals surface area contributed by atoms with Crippen LogP contribution in [-0.2, 0) is 4.79 Å². The molecule has 0 heterocycles. The summed E-state index contributed by atoms with van der Waals surface area (Å²) >= 11 is 5.55. The molecular formula is C11H22ClNO. The van der Waals surface area contributed by atoms with Gasteiger partial charge in [0.15, 0.2) is 0 Å². The molecule has 0 radical (unpaired) electrons. The van der Waals surface area contributed by atoms with E-state index in [1.54, 1.807) is 0 Å². The Kier molecular flexibility index (Phi) is 7.96. The lowest BCUT2D eigenvalue weighted by Gasteiger charge is -2.20. The number of hydrogen-bond donors (Lipinski definition) is 0. The van der Waals surface area contributed by atoms with Gasteiger partial charge in [0.05, 0.1) is 0 Å². The molecule has 0 aromatic heterocycles. The maximum absolute atomic E-state index is 11.6. The van der Waals surface area contributed by atoms with Crippen LogP contribution in [0.25, 0.3) is 0 Å². The summed E-state index contributed by atoms with van der Waals surface area (Å²) < 4.78 is 0. The first-order chi connectivity index (χ1) is 6.61. The van der Waals surface area contributed by atoms with E-state index in [-0.39, 0.29) is 5.91 Å². The van der Waals surface area contributed by atoms with Crippen LogP contribution in [0.3, 0.4) is 0 Å². The lowest BCUT2D eigenvalue weighted by atomic mass is 10.1. The largest absolute Gasteiger partial charge is 0.345 e. The molecule has 0 aliphatic carbocycles. The van der Waals surface area contributed by atoms with Gasteiger partial charge < -0.3 is 4.90 Å². The molecule has 0 rings (SSSR count). The molecule has 1 amide bonds. The van der Waals surface area contributed by atoms with Crippen molar-refractivity contribution in [1.29, 1.82) is 0 Å². The monoisotopic (exact) mass is 219 g/mol. The number of alkyl halides is 1. The number of unbranched alkanes of at least 4 members (excludes halogenated alkanes) is 1. The van der Waals surface area contributed by atoms with Gasteiger partial charge in [-0.05, 0) is 18.8 Å². The Labute approximate surface area is 92.6 Å². The number of nitrogens with zero attached hydrogens (tertiary/aromatic N) is 1. The van der Waals surface area contributed by atoms with Crippen molar-refractivity contribution in [2.24, 2.45) is 5.92 Å². The van der Waals surface area contributed by atoms with Crippen LogP contribution in [0.15, 0.2) is 0 Å². The molecule has 0 N–H and O–H groups in total. The van der Waals surface area contributed by atoms with Gasteiger partial charge in [-0.25, -0.2) is 0 Å². The van der Waals surface area contributed by atoms with Crippen LogP contribution in [0.2, 0.25) is 0 Å². The Morgan fingerprint density at radius 1 is 1.43 bits per heavy atom. The molecule has 2 nitrogen and oxygen atoms in total. The van der Waals surface area contributed by atoms with E-state index < -0.39 is 0 Å². The van der Waals surface area contributed by atoms with Gasteiger partial charge in [-0.15, -0.1) is 11.6 Å². The van der Waals surface area contributed by atoms with Gasteiger partial charge in [-0.3, -0.25) is 4.79 Å². The SMILES string of the molecule is CCC(C)CN(C)C(=O)CCCCCl. The minimum atomic E-state index is 0.246. The summed E-state index contributed by atoms with van der Waals surface area (Å²) in [4.78, 5) is 13.4. The average Bonchev–Trinajstić information content (AvgIpc) is 2.17. The molecule has 0 fully saturated rings. The van der Waals surface area contributed by atoms with Gasteiger partial charge in [0.1, 0.15) is 0 Å². The third-order valence-electron chi connectivity index (χ3n) is 2.48. The molecule has 0 aliphatic rings. The minimum Gasteiger partial charge on any atom is -0.345 e. The van der Waals surface area contributed by atoms with Crippen LogP contribution < -0.4 is 0 Å². The number of carbonyl (C=O) groups excluding carboxylic acids is 1. The van der Waals surface area contributed by atoms with Crippen molar-refractivity contribution in [3.05, 3.63) is 0 Å². The highest BCUT2D eigenvalue weighted by Crippen LogP contribution is 2.06. The van der Waals surface area contributed by atoms with Gasteiger partial charge in [0, 0.05) is 25.9 Å². The van der Waals surface area contributed by atoms with E-state index in [1.807, 2.05) is 11.9 Å². The van der Waals surface area contributed by atoms with Crippen molar-refractivity contribution in [1.82, 2.24) is 4.90 Å². The molecule has 3 heteroatoms. The molecule has 0 spiro atoms. The average molecular weight is 220 g/mol. The number of carbonyl (C=O) groups is 1. The summed E-state index contributed by atoms with van der Waals surface area (Å²) in [6, 6.07) is 0. The smallest absolute Gasteiger partial charge is 0.222 e. The highest BCUT2D eigenvalue weighted by Gasteiger charge is 2.10. The second kappa shape index (κ2) is 8.10. The summed E-state index contributed by atoms with van der Waals surface area (Å²) in [6.07, 6.45) is 3.61. The Morgan fingerprint density at radius 3 is 2.57 bits per heavy atom. The van der Waals surface area contributed by atoms with Crippen molar-refractivity contribution in [2.45, 2.75) is 39.5 Å². The molecular weight excluding hydrogens is 198 g/mol. The standard InChI is InChI=1S/C11H22ClNO/c1-4-10(2)9-13(3)11(14)7-5-6-8-12/h10H,4-9H2,1-3H3. The molecule has 0 saturated carbocycles. The Morgan fingerprint density at radius 2 is 2.07 bits per heavy atom. The zero-order valence-corrected chi connectivity index (χ0v) is 10.3. The first-order valence-electron chi connectivity index (χ1n) is 5.41. The van der Waals surface area contributed by atoms with E-state index in [1.165, 1.54) is 0 Å². The second-order valence-electron chi connectivity index (χ2n) is 3.93. The molecule has 0 aliphatic heterocycles. The van der Waals surface area contributed by atoms with Crippen LogP contribution in [0.4, 0.5) is 0 Å². The Bertz CT molecular complexity index is 161. The molecule has 0 saturated heterocycles. The van der Waals surface area contributed by atoms with Crippen molar-refractivity contribution >= 4 is 17.5 Å². The number of rotatable bonds is 7.